The van der Waals surface area contributed by atoms with Crippen LogP contribution in [0.3, 0.4) is 0 Å². The van der Waals surface area contributed by atoms with Gasteiger partial charge in [-0.3, -0.25) is 4.79 Å². The topological polar surface area (TPSA) is 88.7 Å². The van der Waals surface area contributed by atoms with Crippen LogP contribution in [0.2, 0.25) is 0 Å². The molecule has 3 N–H and O–H groups in total. The van der Waals surface area contributed by atoms with Gasteiger partial charge in [-0.05, 0) is 12.1 Å². The van der Waals surface area contributed by atoms with E-state index in [2.05, 4.69) is 16.0 Å². The highest BCUT2D eigenvalue weighted by Crippen LogP contribution is 2.30. The molecule has 0 aromatic heterocycles. The van der Waals surface area contributed by atoms with Crippen molar-refractivity contribution in [2.45, 2.75) is 13.0 Å². The number of amides is 3. The van der Waals surface area contributed by atoms with Crippen molar-refractivity contribution in [1.29, 1.82) is 0 Å². The maximum Gasteiger partial charge on any atom is 0.314 e. The van der Waals surface area contributed by atoms with E-state index in [1.807, 2.05) is 24.3 Å². The predicted molar refractivity (Wildman–Crippen MR) is 76.4 cm³/mol. The van der Waals surface area contributed by atoms with Gasteiger partial charge in [0, 0.05) is 20.0 Å². The number of fused-ring (bicyclic) bond motifs is 1. The van der Waals surface area contributed by atoms with Gasteiger partial charge in [0.15, 0.2) is 17.6 Å². The predicted octanol–water partition coefficient (Wildman–Crippen LogP) is 0.262. The minimum absolute atomic E-state index is 0.122. The van der Waals surface area contributed by atoms with Crippen LogP contribution in [0.1, 0.15) is 6.92 Å². The summed E-state index contributed by atoms with van der Waals surface area (Å²) in [6.07, 6.45) is -0.221. The zero-order chi connectivity index (χ0) is 15.1. The molecule has 0 unspecified atom stereocenters. The molecule has 7 heteroatoms. The molecule has 7 nitrogen and oxygen atoms in total. The Labute approximate surface area is 123 Å². The Morgan fingerprint density at radius 1 is 1.14 bits per heavy atom. The molecule has 0 fully saturated rings. The highest BCUT2D eigenvalue weighted by atomic mass is 16.6. The minimum Gasteiger partial charge on any atom is -0.486 e. The third kappa shape index (κ3) is 4.87. The molecule has 1 aromatic carbocycles. The van der Waals surface area contributed by atoms with Gasteiger partial charge in [0.25, 0.3) is 0 Å². The van der Waals surface area contributed by atoms with Crippen molar-refractivity contribution in [1.82, 2.24) is 16.0 Å². The number of urea groups is 1. The molecule has 0 spiro atoms. The molecule has 3 amide bonds. The van der Waals surface area contributed by atoms with Crippen LogP contribution in [0.25, 0.3) is 0 Å². The van der Waals surface area contributed by atoms with Crippen molar-refractivity contribution < 1.29 is 19.1 Å². The first-order chi connectivity index (χ1) is 10.1. The Hall–Kier alpha value is -2.44. The molecule has 1 atom stereocenters. The summed E-state index contributed by atoms with van der Waals surface area (Å²) in [5.41, 5.74) is 0. The lowest BCUT2D eigenvalue weighted by molar-refractivity contribution is -0.118. The lowest BCUT2D eigenvalue weighted by atomic mass is 10.2. The van der Waals surface area contributed by atoms with E-state index >= 15 is 0 Å². The highest BCUT2D eigenvalue weighted by Gasteiger charge is 2.20. The van der Waals surface area contributed by atoms with E-state index in [1.165, 1.54) is 6.92 Å². The van der Waals surface area contributed by atoms with Gasteiger partial charge >= 0.3 is 6.03 Å². The van der Waals surface area contributed by atoms with Crippen molar-refractivity contribution in [3.05, 3.63) is 24.3 Å². The molecule has 0 saturated carbocycles. The fraction of sp³-hybridized carbons (Fsp3) is 0.429. The maximum atomic E-state index is 11.5. The second-order valence-corrected chi connectivity index (χ2v) is 4.62. The third-order valence-electron chi connectivity index (χ3n) is 2.84. The van der Waals surface area contributed by atoms with Crippen LogP contribution in [0, 0.1) is 0 Å². The molecular weight excluding hydrogens is 274 g/mol. The van der Waals surface area contributed by atoms with Crippen LogP contribution in [0.4, 0.5) is 4.79 Å². The second kappa shape index (κ2) is 7.37. The van der Waals surface area contributed by atoms with Gasteiger partial charge in [-0.25, -0.2) is 4.79 Å². The highest BCUT2D eigenvalue weighted by molar-refractivity contribution is 5.74. The van der Waals surface area contributed by atoms with Crippen LogP contribution >= 0.6 is 0 Å². The summed E-state index contributed by atoms with van der Waals surface area (Å²) >= 11 is 0. The molecule has 0 bridgehead atoms. The van der Waals surface area contributed by atoms with E-state index in [0.29, 0.717) is 37.7 Å². The summed E-state index contributed by atoms with van der Waals surface area (Å²) in [5, 5.41) is 7.93. The molecular formula is C14H19N3O4. The first-order valence-electron chi connectivity index (χ1n) is 6.80. The fourth-order valence-electron chi connectivity index (χ4n) is 1.85. The monoisotopic (exact) mass is 293 g/mol. The third-order valence-corrected chi connectivity index (χ3v) is 2.84. The van der Waals surface area contributed by atoms with Gasteiger partial charge in [-0.15, -0.1) is 0 Å². The number of benzene rings is 1. The fourth-order valence-corrected chi connectivity index (χ4v) is 1.85. The summed E-state index contributed by atoms with van der Waals surface area (Å²) in [6, 6.07) is 7.11. The van der Waals surface area contributed by atoms with E-state index in [9.17, 15) is 9.59 Å². The van der Waals surface area contributed by atoms with Gasteiger partial charge in [0.2, 0.25) is 5.91 Å². The van der Waals surface area contributed by atoms with Crippen molar-refractivity contribution in [2.75, 3.05) is 26.2 Å². The van der Waals surface area contributed by atoms with E-state index < -0.39 is 0 Å². The first kappa shape index (κ1) is 15.0. The maximum absolute atomic E-state index is 11.5. The van der Waals surface area contributed by atoms with Gasteiger partial charge in [-0.2, -0.15) is 0 Å². The molecule has 0 aliphatic carbocycles. The average Bonchev–Trinajstić information content (AvgIpc) is 2.49. The summed E-state index contributed by atoms with van der Waals surface area (Å²) in [6.45, 7) is 2.94. The molecule has 21 heavy (non-hydrogen) atoms. The zero-order valence-electron chi connectivity index (χ0n) is 11.8. The van der Waals surface area contributed by atoms with Gasteiger partial charge in [0.05, 0.1) is 6.54 Å². The number of hydrogen-bond acceptors (Lipinski definition) is 4. The van der Waals surface area contributed by atoms with Crippen molar-refractivity contribution in [3.8, 4) is 11.5 Å². The van der Waals surface area contributed by atoms with Crippen LogP contribution in [-0.2, 0) is 4.79 Å². The smallest absolute Gasteiger partial charge is 0.314 e. The van der Waals surface area contributed by atoms with E-state index in [1.54, 1.807) is 0 Å². The Bertz CT molecular complexity index is 507. The molecule has 0 saturated heterocycles. The summed E-state index contributed by atoms with van der Waals surface area (Å²) in [4.78, 5) is 22.2. The molecule has 0 radical (unpaired) electrons. The number of carbonyl (C=O) groups is 2. The van der Waals surface area contributed by atoms with E-state index in [-0.39, 0.29) is 18.0 Å². The Morgan fingerprint density at radius 2 is 1.86 bits per heavy atom. The van der Waals surface area contributed by atoms with Crippen molar-refractivity contribution in [3.63, 3.8) is 0 Å². The number of carbonyl (C=O) groups excluding carboxylic acids is 2. The summed E-state index contributed by atoms with van der Waals surface area (Å²) in [7, 11) is 0. The van der Waals surface area contributed by atoms with Gasteiger partial charge in [0.1, 0.15) is 6.61 Å². The van der Waals surface area contributed by atoms with Crippen LogP contribution in [0.5, 0.6) is 11.5 Å². The molecule has 1 heterocycles. The largest absolute Gasteiger partial charge is 0.486 e. The second-order valence-electron chi connectivity index (χ2n) is 4.62. The summed E-state index contributed by atoms with van der Waals surface area (Å²) in [5.74, 6) is 1.28. The Kier molecular flexibility index (Phi) is 5.25. The number of hydrogen-bond donors (Lipinski definition) is 3. The average molecular weight is 293 g/mol. The molecule has 1 aliphatic heterocycles. The van der Waals surface area contributed by atoms with Crippen molar-refractivity contribution in [2.24, 2.45) is 0 Å². The lowest BCUT2D eigenvalue weighted by Gasteiger charge is -2.26. The Morgan fingerprint density at radius 3 is 2.62 bits per heavy atom. The number of ether oxygens (including phenoxy) is 2. The summed E-state index contributed by atoms with van der Waals surface area (Å²) < 4.78 is 11.3. The number of para-hydroxylation sites is 2. The van der Waals surface area contributed by atoms with Crippen LogP contribution < -0.4 is 25.4 Å². The number of rotatable bonds is 5. The van der Waals surface area contributed by atoms with E-state index in [0.717, 1.165) is 0 Å². The SMILES string of the molecule is CC(=O)NCCNC(=O)NC[C@H]1COc2ccccc2O1. The minimum atomic E-state index is -0.303. The first-order valence-corrected chi connectivity index (χ1v) is 6.80. The molecule has 1 aliphatic rings. The number of nitrogens with one attached hydrogen (secondary N) is 3. The molecule has 1 aromatic rings. The van der Waals surface area contributed by atoms with Crippen LogP contribution in [0.15, 0.2) is 24.3 Å². The standard InChI is InChI=1S/C14H19N3O4/c1-10(18)15-6-7-16-14(19)17-8-11-9-20-12-4-2-3-5-13(12)21-11/h2-5,11H,6-9H2,1H3,(H,15,18)(H2,16,17,19)/t11-/m0/s1. The quantitative estimate of drug-likeness (QED) is 0.680. The van der Waals surface area contributed by atoms with Crippen LogP contribution in [-0.4, -0.2) is 44.3 Å². The normalized spacial score (nSPS) is 16.0. The van der Waals surface area contributed by atoms with Gasteiger partial charge < -0.3 is 25.4 Å². The zero-order valence-corrected chi connectivity index (χ0v) is 11.8. The van der Waals surface area contributed by atoms with Crippen molar-refractivity contribution >= 4 is 11.9 Å². The van der Waals surface area contributed by atoms with Gasteiger partial charge in [-0.1, -0.05) is 12.1 Å². The van der Waals surface area contributed by atoms with E-state index in [4.69, 9.17) is 9.47 Å². The molecule has 114 valence electrons. The lowest BCUT2D eigenvalue weighted by Crippen LogP contribution is -2.45. The molecule has 2 rings (SSSR count). The Balaban J connectivity index is 1.65.